The van der Waals surface area contributed by atoms with Gasteiger partial charge in [0.05, 0.1) is 11.8 Å². The first kappa shape index (κ1) is 15.8. The van der Waals surface area contributed by atoms with Gasteiger partial charge < -0.3 is 4.52 Å². The summed E-state index contributed by atoms with van der Waals surface area (Å²) in [7, 11) is 0. The average molecular weight is 379 g/mol. The molecule has 1 aromatic carbocycles. The fraction of sp³-hybridized carbons (Fsp3) is 0.0556. The fourth-order valence-corrected chi connectivity index (χ4v) is 3.87. The van der Waals surface area contributed by atoms with E-state index in [1.807, 2.05) is 12.1 Å². The highest BCUT2D eigenvalue weighted by atomic mass is 32.1. The van der Waals surface area contributed by atoms with Crippen molar-refractivity contribution in [3.63, 3.8) is 0 Å². The summed E-state index contributed by atoms with van der Waals surface area (Å²) >= 11 is 1.30. The van der Waals surface area contributed by atoms with Gasteiger partial charge in [-0.15, -0.1) is 11.3 Å². The Bertz CT molecular complexity index is 1360. The number of rotatable bonds is 3. The van der Waals surface area contributed by atoms with Crippen molar-refractivity contribution in [2.45, 2.75) is 6.54 Å². The molecule has 0 N–H and O–H groups in total. The Morgan fingerprint density at radius 2 is 2.11 bits per heavy atom. The molecular weight excluding hydrogens is 369 g/mol. The van der Waals surface area contributed by atoms with Crippen LogP contribution in [0.25, 0.3) is 31.8 Å². The smallest absolute Gasteiger partial charge is 0.271 e. The highest BCUT2D eigenvalue weighted by molar-refractivity contribution is 7.25. The lowest BCUT2D eigenvalue weighted by atomic mass is 10.2. The van der Waals surface area contributed by atoms with Crippen molar-refractivity contribution in [1.82, 2.24) is 24.7 Å². The van der Waals surface area contributed by atoms with E-state index >= 15 is 0 Å². The lowest BCUT2D eigenvalue weighted by Gasteiger charge is -2.00. The molecule has 5 aromatic rings. The zero-order valence-corrected chi connectivity index (χ0v) is 14.5. The van der Waals surface area contributed by atoms with Crippen LogP contribution < -0.4 is 5.56 Å². The summed E-state index contributed by atoms with van der Waals surface area (Å²) in [5.41, 5.74) is 0.935. The van der Waals surface area contributed by atoms with Crippen molar-refractivity contribution in [2.75, 3.05) is 0 Å². The molecule has 5 rings (SSSR count). The molecule has 4 heterocycles. The van der Waals surface area contributed by atoms with Gasteiger partial charge in [0.1, 0.15) is 21.9 Å². The Labute approximate surface area is 154 Å². The van der Waals surface area contributed by atoms with E-state index in [9.17, 15) is 9.18 Å². The van der Waals surface area contributed by atoms with Crippen molar-refractivity contribution in [2.24, 2.45) is 0 Å². The normalized spacial score (nSPS) is 11.4. The summed E-state index contributed by atoms with van der Waals surface area (Å²) < 4.78 is 20.5. The minimum atomic E-state index is -0.386. The fourth-order valence-electron chi connectivity index (χ4n) is 2.83. The van der Waals surface area contributed by atoms with E-state index < -0.39 is 0 Å². The van der Waals surface area contributed by atoms with Gasteiger partial charge >= 0.3 is 0 Å². The van der Waals surface area contributed by atoms with Crippen molar-refractivity contribution >= 4 is 31.8 Å². The predicted octanol–water partition coefficient (Wildman–Crippen LogP) is 3.24. The van der Waals surface area contributed by atoms with E-state index in [2.05, 4.69) is 20.1 Å². The van der Waals surface area contributed by atoms with Crippen molar-refractivity contribution in [3.8, 4) is 11.4 Å². The third kappa shape index (κ3) is 2.68. The first-order chi connectivity index (χ1) is 13.2. The molecule has 7 nitrogen and oxygen atoms in total. The number of hydrogen-bond acceptors (Lipinski definition) is 7. The molecule has 0 saturated carbocycles. The van der Waals surface area contributed by atoms with Crippen molar-refractivity contribution in [1.29, 1.82) is 0 Å². The van der Waals surface area contributed by atoms with Gasteiger partial charge in [0, 0.05) is 17.1 Å². The molecule has 0 spiro atoms. The second-order valence-corrected chi connectivity index (χ2v) is 6.83. The van der Waals surface area contributed by atoms with Gasteiger partial charge in [-0.2, -0.15) is 4.98 Å². The van der Waals surface area contributed by atoms with Crippen LogP contribution in [0.4, 0.5) is 4.39 Å². The average Bonchev–Trinajstić information content (AvgIpc) is 3.29. The lowest BCUT2D eigenvalue weighted by Crippen LogP contribution is -2.20. The highest BCUT2D eigenvalue weighted by Crippen LogP contribution is 2.28. The number of thiophene rings is 1. The second-order valence-electron chi connectivity index (χ2n) is 5.84. The predicted molar refractivity (Wildman–Crippen MR) is 98.0 cm³/mol. The molecule has 0 aliphatic rings. The van der Waals surface area contributed by atoms with E-state index in [1.54, 1.807) is 18.3 Å². The minimum absolute atomic E-state index is 0.0752. The Morgan fingerprint density at radius 3 is 3.00 bits per heavy atom. The van der Waals surface area contributed by atoms with Crippen LogP contribution in [0, 0.1) is 5.82 Å². The molecule has 0 unspecified atom stereocenters. The third-order valence-electron chi connectivity index (χ3n) is 4.08. The molecule has 0 radical (unpaired) electrons. The summed E-state index contributed by atoms with van der Waals surface area (Å²) in [6.07, 6.45) is 3.14. The van der Waals surface area contributed by atoms with Crippen LogP contribution in [0.3, 0.4) is 0 Å². The van der Waals surface area contributed by atoms with Crippen LogP contribution in [0.5, 0.6) is 0 Å². The first-order valence-corrected chi connectivity index (χ1v) is 8.82. The molecule has 0 aliphatic carbocycles. The SMILES string of the molecule is O=c1c2sc3ncccc3c2ncn1Cc1nc(-c2cccc(F)c2)no1. The first-order valence-electron chi connectivity index (χ1n) is 8.00. The van der Waals surface area contributed by atoms with Crippen LogP contribution in [-0.4, -0.2) is 24.7 Å². The summed E-state index contributed by atoms with van der Waals surface area (Å²) in [6, 6.07) is 9.61. The standard InChI is InChI=1S/C18H10FN5O2S/c19-11-4-1-3-10(7-11)16-22-13(26-23-16)8-24-9-21-14-12-5-2-6-20-17(12)27-15(14)18(24)25/h1-7,9H,8H2. The number of halogens is 1. The van der Waals surface area contributed by atoms with Crippen LogP contribution in [-0.2, 0) is 6.54 Å². The maximum Gasteiger partial charge on any atom is 0.271 e. The van der Waals surface area contributed by atoms with Crippen LogP contribution in [0.15, 0.2) is 58.2 Å². The maximum absolute atomic E-state index is 13.4. The van der Waals surface area contributed by atoms with Gasteiger partial charge in [0.2, 0.25) is 11.7 Å². The van der Waals surface area contributed by atoms with Crippen molar-refractivity contribution in [3.05, 3.63) is 71.0 Å². The number of aromatic nitrogens is 5. The Kier molecular flexibility index (Phi) is 3.54. The van der Waals surface area contributed by atoms with E-state index in [-0.39, 0.29) is 29.6 Å². The number of nitrogens with zero attached hydrogens (tertiary/aromatic N) is 5. The molecule has 0 saturated heterocycles. The van der Waals surface area contributed by atoms with E-state index in [0.29, 0.717) is 15.8 Å². The highest BCUT2D eigenvalue weighted by Gasteiger charge is 2.15. The van der Waals surface area contributed by atoms with Crippen LogP contribution in [0.2, 0.25) is 0 Å². The Balaban J connectivity index is 1.53. The van der Waals surface area contributed by atoms with E-state index in [1.165, 1.54) is 34.4 Å². The second kappa shape index (κ2) is 6.06. The quantitative estimate of drug-likeness (QED) is 0.478. The van der Waals surface area contributed by atoms with Gasteiger partial charge in [-0.1, -0.05) is 17.3 Å². The van der Waals surface area contributed by atoms with Gasteiger partial charge in [-0.25, -0.2) is 14.4 Å². The largest absolute Gasteiger partial charge is 0.337 e. The molecule has 0 atom stereocenters. The Morgan fingerprint density at radius 1 is 1.19 bits per heavy atom. The summed E-state index contributed by atoms with van der Waals surface area (Å²) in [5, 5.41) is 4.71. The zero-order valence-electron chi connectivity index (χ0n) is 13.7. The molecule has 0 bridgehead atoms. The summed E-state index contributed by atoms with van der Waals surface area (Å²) in [4.78, 5) is 26.5. The number of pyridine rings is 1. The minimum Gasteiger partial charge on any atom is -0.337 e. The summed E-state index contributed by atoms with van der Waals surface area (Å²) in [5.74, 6) is 0.109. The maximum atomic E-state index is 13.4. The molecule has 132 valence electrons. The van der Waals surface area contributed by atoms with Crippen LogP contribution in [0.1, 0.15) is 5.89 Å². The van der Waals surface area contributed by atoms with E-state index in [0.717, 1.165) is 10.2 Å². The third-order valence-corrected chi connectivity index (χ3v) is 5.17. The molecular formula is C18H10FN5O2S. The van der Waals surface area contributed by atoms with Gasteiger partial charge in [0.15, 0.2) is 0 Å². The molecule has 4 aromatic heterocycles. The Hall–Kier alpha value is -3.46. The topological polar surface area (TPSA) is 86.7 Å². The number of hydrogen-bond donors (Lipinski definition) is 0. The molecule has 9 heteroatoms. The monoisotopic (exact) mass is 379 g/mol. The number of fused-ring (bicyclic) bond motifs is 3. The van der Waals surface area contributed by atoms with Gasteiger partial charge in [-0.05, 0) is 24.3 Å². The van der Waals surface area contributed by atoms with Crippen molar-refractivity contribution < 1.29 is 8.91 Å². The molecule has 0 amide bonds. The molecule has 0 fully saturated rings. The molecule has 27 heavy (non-hydrogen) atoms. The zero-order chi connectivity index (χ0) is 18.4. The van der Waals surface area contributed by atoms with Gasteiger partial charge in [0.25, 0.3) is 5.56 Å². The van der Waals surface area contributed by atoms with Gasteiger partial charge in [-0.3, -0.25) is 9.36 Å². The summed E-state index contributed by atoms with van der Waals surface area (Å²) in [6.45, 7) is 0.0752. The molecule has 0 aliphatic heterocycles. The van der Waals surface area contributed by atoms with E-state index in [4.69, 9.17) is 4.52 Å². The lowest BCUT2D eigenvalue weighted by molar-refractivity contribution is 0.369. The van der Waals surface area contributed by atoms with Crippen LogP contribution >= 0.6 is 11.3 Å². The number of benzene rings is 1.